The lowest BCUT2D eigenvalue weighted by atomic mass is 10.0. The van der Waals surface area contributed by atoms with E-state index in [0.717, 1.165) is 64.2 Å². The summed E-state index contributed by atoms with van der Waals surface area (Å²) in [5, 5.41) is 0. The summed E-state index contributed by atoms with van der Waals surface area (Å²) >= 11 is 0. The van der Waals surface area contributed by atoms with Crippen molar-refractivity contribution < 1.29 is 42.1 Å². The Labute approximate surface area is 417 Å². The van der Waals surface area contributed by atoms with Crippen molar-refractivity contribution in [2.75, 3.05) is 47.5 Å². The van der Waals surface area contributed by atoms with E-state index in [1.165, 1.54) is 103 Å². The molecule has 68 heavy (non-hydrogen) atoms. The first kappa shape index (κ1) is 64.9. The summed E-state index contributed by atoms with van der Waals surface area (Å²) in [6.07, 6.45) is 66.2. The van der Waals surface area contributed by atoms with Crippen LogP contribution >= 0.6 is 7.82 Å². The van der Waals surface area contributed by atoms with Crippen LogP contribution in [-0.2, 0) is 32.7 Å². The monoisotopic (exact) mass is 971 g/mol. The molecule has 0 saturated heterocycles. The molecule has 0 aliphatic heterocycles. The molecule has 0 spiro atoms. The molecular formula is C58H101NO8P+. The van der Waals surface area contributed by atoms with Gasteiger partial charge < -0.3 is 18.9 Å². The van der Waals surface area contributed by atoms with Gasteiger partial charge in [0.2, 0.25) is 0 Å². The molecule has 0 aromatic carbocycles. The third-order valence-corrected chi connectivity index (χ3v) is 12.1. The average Bonchev–Trinajstić information content (AvgIpc) is 3.30. The van der Waals surface area contributed by atoms with E-state index in [4.69, 9.17) is 18.5 Å². The van der Waals surface area contributed by atoms with Crippen LogP contribution in [0.3, 0.4) is 0 Å². The highest BCUT2D eigenvalue weighted by atomic mass is 31.2. The van der Waals surface area contributed by atoms with Crippen LogP contribution in [0.4, 0.5) is 0 Å². The summed E-state index contributed by atoms with van der Waals surface area (Å²) in [5.74, 6) is -0.873. The average molecular weight is 971 g/mol. The zero-order valence-corrected chi connectivity index (χ0v) is 45.0. The molecule has 0 saturated carbocycles. The number of phosphoric ester groups is 1. The maximum atomic E-state index is 12.7. The lowest BCUT2D eigenvalue weighted by Crippen LogP contribution is -2.37. The van der Waals surface area contributed by atoms with Crippen LogP contribution < -0.4 is 0 Å². The molecule has 0 bridgehead atoms. The molecule has 10 heteroatoms. The first-order valence-electron chi connectivity index (χ1n) is 27.0. The maximum Gasteiger partial charge on any atom is 0.472 e. The van der Waals surface area contributed by atoms with Gasteiger partial charge in [-0.25, -0.2) is 4.57 Å². The topological polar surface area (TPSA) is 108 Å². The van der Waals surface area contributed by atoms with Crippen LogP contribution in [0.5, 0.6) is 0 Å². The van der Waals surface area contributed by atoms with Crippen molar-refractivity contribution in [3.8, 4) is 0 Å². The van der Waals surface area contributed by atoms with Gasteiger partial charge in [-0.15, -0.1) is 0 Å². The van der Waals surface area contributed by atoms with Gasteiger partial charge in [0.1, 0.15) is 19.8 Å². The molecule has 1 N–H and O–H groups in total. The molecule has 2 unspecified atom stereocenters. The van der Waals surface area contributed by atoms with Gasteiger partial charge in [0.15, 0.2) is 6.10 Å². The van der Waals surface area contributed by atoms with E-state index in [1.54, 1.807) is 0 Å². The van der Waals surface area contributed by atoms with E-state index in [1.807, 2.05) is 27.2 Å². The number of hydrogen-bond donors (Lipinski definition) is 1. The first-order valence-corrected chi connectivity index (χ1v) is 28.5. The van der Waals surface area contributed by atoms with Crippen molar-refractivity contribution >= 4 is 19.8 Å². The predicted molar refractivity (Wildman–Crippen MR) is 288 cm³/mol. The van der Waals surface area contributed by atoms with Gasteiger partial charge in [-0.3, -0.25) is 18.6 Å². The highest BCUT2D eigenvalue weighted by Gasteiger charge is 2.27. The number of esters is 2. The Kier molecular flexibility index (Phi) is 46.7. The molecule has 9 nitrogen and oxygen atoms in total. The van der Waals surface area contributed by atoms with Gasteiger partial charge in [0.25, 0.3) is 0 Å². The van der Waals surface area contributed by atoms with Gasteiger partial charge in [-0.2, -0.15) is 0 Å². The van der Waals surface area contributed by atoms with Crippen LogP contribution in [-0.4, -0.2) is 74.9 Å². The number of phosphoric acid groups is 1. The molecule has 0 radical (unpaired) electrons. The Morgan fingerprint density at radius 3 is 1.29 bits per heavy atom. The highest BCUT2D eigenvalue weighted by molar-refractivity contribution is 7.47. The van der Waals surface area contributed by atoms with Gasteiger partial charge in [-0.1, -0.05) is 201 Å². The van der Waals surface area contributed by atoms with Gasteiger partial charge in [-0.05, 0) is 89.9 Å². The fourth-order valence-electron chi connectivity index (χ4n) is 6.94. The Hall–Kier alpha value is -3.07. The predicted octanol–water partition coefficient (Wildman–Crippen LogP) is 16.5. The number of allylic oxidation sites excluding steroid dienone is 16. The summed E-state index contributed by atoms with van der Waals surface area (Å²) in [4.78, 5) is 35.6. The minimum atomic E-state index is -4.40. The number of ether oxygens (including phenoxy) is 2. The molecule has 390 valence electrons. The van der Waals surface area contributed by atoms with Crippen LogP contribution in [0.25, 0.3) is 0 Å². The first-order chi connectivity index (χ1) is 33.0. The molecule has 0 heterocycles. The molecule has 0 aromatic heterocycles. The molecule has 0 amide bonds. The number of nitrogens with zero attached hydrogens (tertiary/aromatic N) is 1. The Morgan fingerprint density at radius 2 is 0.853 bits per heavy atom. The zero-order chi connectivity index (χ0) is 49.9. The molecule has 0 aliphatic rings. The SMILES string of the molecule is CC/C=C\C/C=C\C/C=C\C/C=C\C/C=C\CCCC(=O)OC(COC(=O)CCCCCCCCCCCCCC/C=C\C/C=C\C/C=C\CCCCCCC)COP(=O)(O)OCC[N+](C)(C)C. The molecule has 2 atom stereocenters. The molecular weight excluding hydrogens is 870 g/mol. The third kappa shape index (κ3) is 52.3. The number of quaternary nitrogens is 1. The fourth-order valence-corrected chi connectivity index (χ4v) is 7.68. The second-order valence-electron chi connectivity index (χ2n) is 18.9. The summed E-state index contributed by atoms with van der Waals surface area (Å²) < 4.78 is 34.4. The molecule has 0 aromatic rings. The van der Waals surface area contributed by atoms with E-state index in [0.29, 0.717) is 23.9 Å². The Bertz CT molecular complexity index is 1470. The van der Waals surface area contributed by atoms with E-state index in [-0.39, 0.29) is 32.0 Å². The highest BCUT2D eigenvalue weighted by Crippen LogP contribution is 2.43. The number of rotatable bonds is 48. The van der Waals surface area contributed by atoms with Gasteiger partial charge in [0, 0.05) is 12.8 Å². The molecule has 0 rings (SSSR count). The lowest BCUT2D eigenvalue weighted by molar-refractivity contribution is -0.870. The molecule has 0 aliphatic carbocycles. The second kappa shape index (κ2) is 48.9. The largest absolute Gasteiger partial charge is 0.472 e. The smallest absolute Gasteiger partial charge is 0.462 e. The number of hydrogen-bond acceptors (Lipinski definition) is 7. The standard InChI is InChI=1S/C58H100NO8P/c1-6-8-10-12-14-16-18-20-22-24-25-26-27-28-29-30-31-32-33-35-36-38-40-42-44-46-48-50-57(60)64-54-56(55-66-68(62,63)65-53-52-59(3,4)5)67-58(61)51-49-47-45-43-41-39-37-34-23-21-19-17-15-13-11-9-7-2/h9,11,15,17-18,20-21,23-25,27-28,37,39,43,45,56H,6-8,10,12-14,16,19,22,26,29-36,38,40-42,44,46-55H2,1-5H3/p+1/b11-9-,17-15-,20-18-,23-21-,25-24-,28-27-,39-37-,45-43-. The minimum absolute atomic E-state index is 0.0159. The third-order valence-electron chi connectivity index (χ3n) is 11.1. The maximum absolute atomic E-state index is 12.7. The van der Waals surface area contributed by atoms with Gasteiger partial charge >= 0.3 is 19.8 Å². The van der Waals surface area contributed by atoms with Crippen LogP contribution in [0, 0.1) is 0 Å². The summed E-state index contributed by atoms with van der Waals surface area (Å²) in [7, 11) is 1.43. The van der Waals surface area contributed by atoms with Crippen molar-refractivity contribution in [3.63, 3.8) is 0 Å². The van der Waals surface area contributed by atoms with Crippen molar-refractivity contribution in [1.29, 1.82) is 0 Å². The Morgan fingerprint density at radius 1 is 0.471 bits per heavy atom. The summed E-state index contributed by atoms with van der Waals surface area (Å²) in [6.45, 7) is 4.23. The van der Waals surface area contributed by atoms with Crippen LogP contribution in [0.2, 0.25) is 0 Å². The number of carbonyl (C=O) groups excluding carboxylic acids is 2. The number of unbranched alkanes of at least 4 members (excludes halogenated alkanes) is 18. The minimum Gasteiger partial charge on any atom is -0.462 e. The van der Waals surface area contributed by atoms with Crippen LogP contribution in [0.1, 0.15) is 206 Å². The van der Waals surface area contributed by atoms with Crippen LogP contribution in [0.15, 0.2) is 97.2 Å². The van der Waals surface area contributed by atoms with Gasteiger partial charge in [0.05, 0.1) is 27.7 Å². The van der Waals surface area contributed by atoms with E-state index in [9.17, 15) is 19.0 Å². The van der Waals surface area contributed by atoms with Crippen molar-refractivity contribution in [2.45, 2.75) is 213 Å². The van der Waals surface area contributed by atoms with E-state index >= 15 is 0 Å². The summed E-state index contributed by atoms with van der Waals surface area (Å²) in [5.41, 5.74) is 0. The quantitative estimate of drug-likeness (QED) is 0.0211. The van der Waals surface area contributed by atoms with E-state index < -0.39 is 26.5 Å². The summed E-state index contributed by atoms with van der Waals surface area (Å²) in [6, 6.07) is 0. The second-order valence-corrected chi connectivity index (χ2v) is 20.3. The van der Waals surface area contributed by atoms with Crippen molar-refractivity contribution in [1.82, 2.24) is 0 Å². The lowest BCUT2D eigenvalue weighted by Gasteiger charge is -2.24. The normalized spacial score (nSPS) is 14.1. The van der Waals surface area contributed by atoms with Crippen molar-refractivity contribution in [2.24, 2.45) is 0 Å². The molecule has 0 fully saturated rings. The fraction of sp³-hybridized carbons (Fsp3) is 0.690. The van der Waals surface area contributed by atoms with Crippen molar-refractivity contribution in [3.05, 3.63) is 97.2 Å². The van der Waals surface area contributed by atoms with E-state index in [2.05, 4.69) is 105 Å². The Balaban J connectivity index is 4.25. The zero-order valence-electron chi connectivity index (χ0n) is 44.1. The number of likely N-dealkylation sites (N-methyl/N-ethyl adjacent to an activating group) is 1. The number of carbonyl (C=O) groups is 2.